The van der Waals surface area contributed by atoms with Crippen LogP contribution in [0.3, 0.4) is 0 Å². The fraction of sp³-hybridized carbons (Fsp3) is 0.231. The zero-order chi connectivity index (χ0) is 12.4. The molecule has 0 fully saturated rings. The van der Waals surface area contributed by atoms with Gasteiger partial charge in [0.1, 0.15) is 17.4 Å². The van der Waals surface area contributed by atoms with E-state index in [1.54, 1.807) is 6.33 Å². The van der Waals surface area contributed by atoms with Gasteiger partial charge in [-0.3, -0.25) is 5.32 Å². The number of quaternary nitrogens is 1. The number of para-hydroxylation sites is 1. The van der Waals surface area contributed by atoms with E-state index >= 15 is 0 Å². The molecule has 0 aliphatic rings. The molecule has 0 saturated carbocycles. The Kier molecular flexibility index (Phi) is 2.92. The van der Waals surface area contributed by atoms with Gasteiger partial charge in [-0.2, -0.15) is 4.98 Å². The number of aromatic nitrogens is 2. The van der Waals surface area contributed by atoms with Crippen LogP contribution >= 0.6 is 0 Å². The predicted molar refractivity (Wildman–Crippen MR) is 67.5 cm³/mol. The normalized spacial score (nSPS) is 11.4. The molecule has 0 saturated heterocycles. The molecule has 3 aromatic rings. The summed E-state index contributed by atoms with van der Waals surface area (Å²) >= 11 is 0. The number of fused-ring (bicyclic) bond motifs is 3. The molecular weight excluding hydrogens is 230 g/mol. The van der Waals surface area contributed by atoms with E-state index in [-0.39, 0.29) is 6.61 Å². The lowest BCUT2D eigenvalue weighted by atomic mass is 10.2. The molecule has 0 aliphatic carbocycles. The maximum Gasteiger partial charge on any atom is 0.271 e. The Morgan fingerprint density at radius 1 is 1.22 bits per heavy atom. The SMILES string of the molecule is OCCC[NH2+]c1ncnc2c1oc1ccccc12. The second-order valence-corrected chi connectivity index (χ2v) is 4.10. The molecule has 0 radical (unpaired) electrons. The van der Waals surface area contributed by atoms with Crippen LogP contribution in [0.4, 0.5) is 5.82 Å². The second-order valence-electron chi connectivity index (χ2n) is 4.10. The van der Waals surface area contributed by atoms with Crippen molar-refractivity contribution in [2.75, 3.05) is 13.2 Å². The van der Waals surface area contributed by atoms with Gasteiger partial charge in [-0.1, -0.05) is 12.1 Å². The number of hydrogen-bond acceptors (Lipinski definition) is 4. The van der Waals surface area contributed by atoms with Crippen molar-refractivity contribution < 1.29 is 14.8 Å². The van der Waals surface area contributed by atoms with Crippen molar-refractivity contribution in [3.63, 3.8) is 0 Å². The topological polar surface area (TPSA) is 75.8 Å². The van der Waals surface area contributed by atoms with Crippen LogP contribution in [-0.2, 0) is 0 Å². The van der Waals surface area contributed by atoms with Gasteiger partial charge >= 0.3 is 0 Å². The lowest BCUT2D eigenvalue weighted by molar-refractivity contribution is -0.574. The summed E-state index contributed by atoms with van der Waals surface area (Å²) in [7, 11) is 0. The molecule has 1 aromatic carbocycles. The maximum atomic E-state index is 8.80. The van der Waals surface area contributed by atoms with E-state index in [2.05, 4.69) is 9.97 Å². The number of benzene rings is 1. The summed E-state index contributed by atoms with van der Waals surface area (Å²) in [5.41, 5.74) is 2.39. The Bertz CT molecular complexity index is 678. The predicted octanol–water partition coefficient (Wildman–Crippen LogP) is 0.953. The Balaban J connectivity index is 2.09. The average molecular weight is 244 g/mol. The minimum absolute atomic E-state index is 0.185. The first kappa shape index (κ1) is 11.1. The number of nitrogens with two attached hydrogens (primary N) is 1. The van der Waals surface area contributed by atoms with Crippen LogP contribution < -0.4 is 5.32 Å². The van der Waals surface area contributed by atoms with Crippen LogP contribution in [0.15, 0.2) is 35.0 Å². The highest BCUT2D eigenvalue weighted by molar-refractivity contribution is 6.04. The lowest BCUT2D eigenvalue weighted by Crippen LogP contribution is -2.78. The van der Waals surface area contributed by atoms with E-state index < -0.39 is 0 Å². The van der Waals surface area contributed by atoms with Crippen molar-refractivity contribution >= 4 is 27.9 Å². The van der Waals surface area contributed by atoms with Crippen LogP contribution in [0, 0.1) is 0 Å². The molecule has 0 spiro atoms. The third kappa shape index (κ3) is 1.83. The number of nitrogens with zero attached hydrogens (tertiary/aromatic N) is 2. The Hall–Kier alpha value is -1.98. The molecule has 3 rings (SSSR count). The summed E-state index contributed by atoms with van der Waals surface area (Å²) in [5.74, 6) is 0.796. The lowest BCUT2D eigenvalue weighted by Gasteiger charge is -1.98. The van der Waals surface area contributed by atoms with Crippen molar-refractivity contribution in [3.05, 3.63) is 30.6 Å². The number of furan rings is 1. The highest BCUT2D eigenvalue weighted by atomic mass is 16.3. The standard InChI is InChI=1S/C13H13N3O2/c17-7-3-6-14-13-12-11(15-8-16-13)9-4-1-2-5-10(9)18-12/h1-2,4-5,8,17H,3,6-7H2,(H,14,15,16)/p+1. The maximum absolute atomic E-state index is 8.80. The fourth-order valence-electron chi connectivity index (χ4n) is 2.02. The number of aliphatic hydroxyl groups excluding tert-OH is 1. The molecule has 18 heavy (non-hydrogen) atoms. The molecule has 0 aliphatic heterocycles. The van der Waals surface area contributed by atoms with Gasteiger partial charge in [-0.05, 0) is 12.1 Å². The molecule has 5 nitrogen and oxygen atoms in total. The first-order valence-corrected chi connectivity index (χ1v) is 5.96. The summed E-state index contributed by atoms with van der Waals surface area (Å²) in [6.45, 7) is 0.963. The minimum atomic E-state index is 0.185. The summed E-state index contributed by atoms with van der Waals surface area (Å²) < 4.78 is 5.80. The zero-order valence-corrected chi connectivity index (χ0v) is 9.84. The van der Waals surface area contributed by atoms with Crippen molar-refractivity contribution in [3.8, 4) is 0 Å². The van der Waals surface area contributed by atoms with Crippen LogP contribution in [0.2, 0.25) is 0 Å². The smallest absolute Gasteiger partial charge is 0.271 e. The molecule has 0 bridgehead atoms. The molecule has 2 heterocycles. The van der Waals surface area contributed by atoms with Gasteiger partial charge in [0.2, 0.25) is 5.58 Å². The molecular formula is C13H14N3O2+. The van der Waals surface area contributed by atoms with Crippen molar-refractivity contribution in [2.45, 2.75) is 6.42 Å². The quantitative estimate of drug-likeness (QED) is 0.670. The van der Waals surface area contributed by atoms with Gasteiger partial charge in [-0.15, -0.1) is 0 Å². The molecule has 2 aromatic heterocycles. The van der Waals surface area contributed by atoms with E-state index in [9.17, 15) is 0 Å². The van der Waals surface area contributed by atoms with Gasteiger partial charge in [0, 0.05) is 18.4 Å². The fourth-order valence-corrected chi connectivity index (χ4v) is 2.02. The van der Waals surface area contributed by atoms with Gasteiger partial charge < -0.3 is 9.52 Å². The molecule has 3 N–H and O–H groups in total. The van der Waals surface area contributed by atoms with Crippen LogP contribution in [0.5, 0.6) is 0 Å². The summed E-state index contributed by atoms with van der Waals surface area (Å²) in [4.78, 5) is 8.52. The van der Waals surface area contributed by atoms with Gasteiger partial charge in [0.15, 0.2) is 0 Å². The first-order chi connectivity index (χ1) is 8.90. The Morgan fingerprint density at radius 2 is 2.11 bits per heavy atom. The monoisotopic (exact) mass is 244 g/mol. The highest BCUT2D eigenvalue weighted by Crippen LogP contribution is 2.28. The minimum Gasteiger partial charge on any atom is -0.446 e. The van der Waals surface area contributed by atoms with Crippen LogP contribution in [-0.4, -0.2) is 28.2 Å². The van der Waals surface area contributed by atoms with E-state index in [1.165, 1.54) is 0 Å². The van der Waals surface area contributed by atoms with E-state index in [0.717, 1.165) is 40.9 Å². The summed E-state index contributed by atoms with van der Waals surface area (Å²) in [6, 6.07) is 7.82. The molecule has 5 heteroatoms. The van der Waals surface area contributed by atoms with Crippen LogP contribution in [0.1, 0.15) is 6.42 Å². The number of aliphatic hydroxyl groups is 1. The number of hydrogen-bond donors (Lipinski definition) is 2. The first-order valence-electron chi connectivity index (χ1n) is 5.96. The average Bonchev–Trinajstić information content (AvgIpc) is 2.79. The van der Waals surface area contributed by atoms with Gasteiger partial charge in [-0.25, -0.2) is 4.98 Å². The second kappa shape index (κ2) is 4.72. The van der Waals surface area contributed by atoms with Gasteiger partial charge in [0.25, 0.3) is 5.82 Å². The number of rotatable bonds is 4. The van der Waals surface area contributed by atoms with Crippen LogP contribution in [0.25, 0.3) is 22.1 Å². The van der Waals surface area contributed by atoms with Gasteiger partial charge in [0.05, 0.1) is 6.54 Å². The molecule has 92 valence electrons. The zero-order valence-electron chi connectivity index (χ0n) is 9.84. The van der Waals surface area contributed by atoms with Crippen molar-refractivity contribution in [2.24, 2.45) is 0 Å². The van der Waals surface area contributed by atoms with Crippen molar-refractivity contribution in [1.29, 1.82) is 0 Å². The molecule has 0 amide bonds. The molecule has 0 atom stereocenters. The van der Waals surface area contributed by atoms with E-state index in [4.69, 9.17) is 9.52 Å². The highest BCUT2D eigenvalue weighted by Gasteiger charge is 2.14. The van der Waals surface area contributed by atoms with E-state index in [0.29, 0.717) is 0 Å². The van der Waals surface area contributed by atoms with E-state index in [1.807, 2.05) is 29.6 Å². The third-order valence-corrected chi connectivity index (χ3v) is 2.89. The largest absolute Gasteiger partial charge is 0.446 e. The molecule has 0 unspecified atom stereocenters. The summed E-state index contributed by atoms with van der Waals surface area (Å²) in [5, 5.41) is 11.8. The Morgan fingerprint density at radius 3 is 3.00 bits per heavy atom. The van der Waals surface area contributed by atoms with Crippen molar-refractivity contribution in [1.82, 2.24) is 9.97 Å². The summed E-state index contributed by atoms with van der Waals surface area (Å²) in [6.07, 6.45) is 2.28. The Labute approximate surface area is 103 Å². The third-order valence-electron chi connectivity index (χ3n) is 2.89.